The van der Waals surface area contributed by atoms with Crippen molar-refractivity contribution in [2.45, 2.75) is 33.3 Å². The fourth-order valence-electron chi connectivity index (χ4n) is 3.38. The van der Waals surface area contributed by atoms with Crippen molar-refractivity contribution in [3.63, 3.8) is 0 Å². The average molecular weight is 381 g/mol. The van der Waals surface area contributed by atoms with Crippen molar-refractivity contribution in [1.82, 2.24) is 0 Å². The lowest BCUT2D eigenvalue weighted by molar-refractivity contribution is -0.155. The quantitative estimate of drug-likeness (QED) is 0.702. The van der Waals surface area contributed by atoms with Crippen molar-refractivity contribution in [1.29, 1.82) is 0 Å². The fourth-order valence-corrected chi connectivity index (χ4v) is 3.38. The second-order valence-corrected chi connectivity index (χ2v) is 7.38. The third-order valence-corrected chi connectivity index (χ3v) is 5.32. The summed E-state index contributed by atoms with van der Waals surface area (Å²) in [4.78, 5) is 26.6. The molecular formula is C23H27NO4. The largest absolute Gasteiger partial charge is 0.466 e. The standard InChI is InChI=1S/C23H27NO4/c1-3-27-22(26)23(2)13-15-24(16-14-23)20-11-9-19(10-12-20)21(25)28-17-18-7-5-4-6-8-18/h4-12H,3,13-17H2,1-2H3. The average Bonchev–Trinajstić information content (AvgIpc) is 2.73. The number of hydrogen-bond acceptors (Lipinski definition) is 5. The van der Waals surface area contributed by atoms with E-state index >= 15 is 0 Å². The SMILES string of the molecule is CCOC(=O)C1(C)CCN(c2ccc(C(=O)OCc3ccccc3)cc2)CC1. The van der Waals surface area contributed by atoms with E-state index in [0.29, 0.717) is 12.2 Å². The van der Waals surface area contributed by atoms with Crippen LogP contribution < -0.4 is 4.90 Å². The number of carbonyl (C=O) groups is 2. The number of piperidine rings is 1. The van der Waals surface area contributed by atoms with Crippen LogP contribution >= 0.6 is 0 Å². The first-order valence-corrected chi connectivity index (χ1v) is 9.75. The third kappa shape index (κ3) is 4.71. The normalized spacial score (nSPS) is 15.7. The number of benzene rings is 2. The number of hydrogen-bond donors (Lipinski definition) is 0. The summed E-state index contributed by atoms with van der Waals surface area (Å²) in [5, 5.41) is 0. The number of ether oxygens (including phenoxy) is 2. The van der Waals surface area contributed by atoms with Crippen molar-refractivity contribution in [3.8, 4) is 0 Å². The minimum Gasteiger partial charge on any atom is -0.466 e. The van der Waals surface area contributed by atoms with Gasteiger partial charge in [0.2, 0.25) is 0 Å². The summed E-state index contributed by atoms with van der Waals surface area (Å²) < 4.78 is 10.6. The van der Waals surface area contributed by atoms with Gasteiger partial charge in [0.15, 0.2) is 0 Å². The van der Waals surface area contributed by atoms with Crippen molar-refractivity contribution >= 4 is 17.6 Å². The molecule has 0 aromatic heterocycles. The van der Waals surface area contributed by atoms with Gasteiger partial charge in [0.1, 0.15) is 6.61 Å². The Labute approximate surface area is 166 Å². The van der Waals surface area contributed by atoms with Crippen LogP contribution in [0.15, 0.2) is 54.6 Å². The van der Waals surface area contributed by atoms with Gasteiger partial charge >= 0.3 is 11.9 Å². The molecule has 1 fully saturated rings. The van der Waals surface area contributed by atoms with E-state index in [9.17, 15) is 9.59 Å². The Hall–Kier alpha value is -2.82. The second-order valence-electron chi connectivity index (χ2n) is 7.38. The van der Waals surface area contributed by atoms with Crippen LogP contribution in [0.3, 0.4) is 0 Å². The maximum atomic E-state index is 12.2. The molecule has 1 saturated heterocycles. The van der Waals surface area contributed by atoms with Gasteiger partial charge < -0.3 is 14.4 Å². The summed E-state index contributed by atoms with van der Waals surface area (Å²) in [6.07, 6.45) is 1.51. The predicted molar refractivity (Wildman–Crippen MR) is 108 cm³/mol. The summed E-state index contributed by atoms with van der Waals surface area (Å²) in [5.41, 5.74) is 2.14. The number of rotatable bonds is 6. The van der Waals surface area contributed by atoms with Crippen LogP contribution in [0.1, 0.15) is 42.6 Å². The van der Waals surface area contributed by atoms with Crippen molar-refractivity contribution < 1.29 is 19.1 Å². The summed E-state index contributed by atoms with van der Waals surface area (Å²) in [5.74, 6) is -0.435. The van der Waals surface area contributed by atoms with E-state index in [4.69, 9.17) is 9.47 Å². The second kappa shape index (κ2) is 8.91. The van der Waals surface area contributed by atoms with Gasteiger partial charge in [-0.15, -0.1) is 0 Å². The van der Waals surface area contributed by atoms with E-state index in [1.807, 2.05) is 56.3 Å². The van der Waals surface area contributed by atoms with Gasteiger partial charge in [-0.25, -0.2) is 4.79 Å². The maximum absolute atomic E-state index is 12.2. The third-order valence-electron chi connectivity index (χ3n) is 5.32. The van der Waals surface area contributed by atoms with Crippen LogP contribution in [0.5, 0.6) is 0 Å². The molecule has 3 rings (SSSR count). The Morgan fingerprint density at radius 1 is 0.964 bits per heavy atom. The number of carbonyl (C=O) groups excluding carboxylic acids is 2. The monoisotopic (exact) mass is 381 g/mol. The number of nitrogens with zero attached hydrogens (tertiary/aromatic N) is 1. The van der Waals surface area contributed by atoms with Crippen LogP contribution in [0, 0.1) is 5.41 Å². The Bertz CT molecular complexity index is 793. The molecule has 0 atom stereocenters. The van der Waals surface area contributed by atoms with Crippen molar-refractivity contribution in [3.05, 3.63) is 65.7 Å². The smallest absolute Gasteiger partial charge is 0.338 e. The molecule has 5 heteroatoms. The molecule has 0 N–H and O–H groups in total. The molecular weight excluding hydrogens is 354 g/mol. The minimum absolute atomic E-state index is 0.105. The molecule has 0 spiro atoms. The lowest BCUT2D eigenvalue weighted by Gasteiger charge is -2.38. The number of esters is 2. The first-order chi connectivity index (χ1) is 13.5. The van der Waals surface area contributed by atoms with Crippen LogP contribution in [0.25, 0.3) is 0 Å². The van der Waals surface area contributed by atoms with E-state index in [2.05, 4.69) is 4.90 Å². The lowest BCUT2D eigenvalue weighted by Crippen LogP contribution is -2.43. The summed E-state index contributed by atoms with van der Waals surface area (Å²) in [6, 6.07) is 17.1. The van der Waals surface area contributed by atoms with Gasteiger partial charge in [-0.1, -0.05) is 30.3 Å². The first kappa shape index (κ1) is 19.9. The molecule has 148 valence electrons. The van der Waals surface area contributed by atoms with E-state index in [1.54, 1.807) is 12.1 Å². The number of anilines is 1. The molecule has 2 aromatic carbocycles. The molecule has 1 aliphatic heterocycles. The highest BCUT2D eigenvalue weighted by molar-refractivity contribution is 5.89. The van der Waals surface area contributed by atoms with E-state index in [-0.39, 0.29) is 18.5 Å². The summed E-state index contributed by atoms with van der Waals surface area (Å²) >= 11 is 0. The molecule has 0 radical (unpaired) electrons. The fraction of sp³-hybridized carbons (Fsp3) is 0.391. The Balaban J connectivity index is 1.54. The molecule has 0 bridgehead atoms. The van der Waals surface area contributed by atoms with Crippen LogP contribution in [-0.4, -0.2) is 31.6 Å². The van der Waals surface area contributed by atoms with Crippen molar-refractivity contribution in [2.75, 3.05) is 24.6 Å². The van der Waals surface area contributed by atoms with Gasteiger partial charge in [-0.3, -0.25) is 4.79 Å². The molecule has 0 saturated carbocycles. The molecule has 0 unspecified atom stereocenters. The molecule has 0 aliphatic carbocycles. The molecule has 0 amide bonds. The highest BCUT2D eigenvalue weighted by Crippen LogP contribution is 2.34. The van der Waals surface area contributed by atoms with E-state index in [1.165, 1.54) is 0 Å². The van der Waals surface area contributed by atoms with Gasteiger partial charge in [0, 0.05) is 18.8 Å². The Kier molecular flexibility index (Phi) is 6.34. The Morgan fingerprint density at radius 2 is 1.61 bits per heavy atom. The van der Waals surface area contributed by atoms with E-state index in [0.717, 1.165) is 37.2 Å². The lowest BCUT2D eigenvalue weighted by atomic mass is 9.80. The topological polar surface area (TPSA) is 55.8 Å². The molecule has 1 heterocycles. The Morgan fingerprint density at radius 3 is 2.21 bits per heavy atom. The summed E-state index contributed by atoms with van der Waals surface area (Å²) in [7, 11) is 0. The highest BCUT2D eigenvalue weighted by Gasteiger charge is 2.38. The zero-order valence-corrected chi connectivity index (χ0v) is 16.5. The molecule has 28 heavy (non-hydrogen) atoms. The van der Waals surface area contributed by atoms with E-state index < -0.39 is 5.41 Å². The zero-order chi connectivity index (χ0) is 20.0. The zero-order valence-electron chi connectivity index (χ0n) is 16.5. The van der Waals surface area contributed by atoms with Gasteiger partial charge in [-0.05, 0) is 56.5 Å². The van der Waals surface area contributed by atoms with Gasteiger partial charge in [0.25, 0.3) is 0 Å². The molecule has 2 aromatic rings. The summed E-state index contributed by atoms with van der Waals surface area (Å²) in [6.45, 7) is 6.07. The molecule has 5 nitrogen and oxygen atoms in total. The van der Waals surface area contributed by atoms with Gasteiger partial charge in [-0.2, -0.15) is 0 Å². The van der Waals surface area contributed by atoms with Crippen LogP contribution in [-0.2, 0) is 20.9 Å². The predicted octanol–water partition coefficient (Wildman–Crippen LogP) is 4.21. The maximum Gasteiger partial charge on any atom is 0.338 e. The molecule has 1 aliphatic rings. The first-order valence-electron chi connectivity index (χ1n) is 9.75. The van der Waals surface area contributed by atoms with Crippen LogP contribution in [0.4, 0.5) is 5.69 Å². The minimum atomic E-state index is -0.409. The van der Waals surface area contributed by atoms with Crippen LogP contribution in [0.2, 0.25) is 0 Å². The van der Waals surface area contributed by atoms with Gasteiger partial charge in [0.05, 0.1) is 17.6 Å². The highest BCUT2D eigenvalue weighted by atomic mass is 16.5. The van der Waals surface area contributed by atoms with Crippen molar-refractivity contribution in [2.24, 2.45) is 5.41 Å².